The molecular formula is C13H20N2O4S2. The summed E-state index contributed by atoms with van der Waals surface area (Å²) in [5.41, 5.74) is 6.15. The summed E-state index contributed by atoms with van der Waals surface area (Å²) in [6, 6.07) is 7.00. The van der Waals surface area contributed by atoms with Gasteiger partial charge in [0, 0.05) is 12.1 Å². The van der Waals surface area contributed by atoms with Gasteiger partial charge in [-0.2, -0.15) is 0 Å². The maximum absolute atomic E-state index is 12.2. The molecule has 1 atom stereocenters. The van der Waals surface area contributed by atoms with Crippen molar-refractivity contribution in [2.24, 2.45) is 5.73 Å². The number of benzene rings is 1. The summed E-state index contributed by atoms with van der Waals surface area (Å²) >= 11 is 0. The van der Waals surface area contributed by atoms with Crippen molar-refractivity contribution in [3.63, 3.8) is 0 Å². The molecule has 0 amide bonds. The number of hydrogen-bond acceptors (Lipinski definition) is 5. The molecule has 0 spiro atoms. The third-order valence-electron chi connectivity index (χ3n) is 3.52. The molecule has 1 aliphatic rings. The van der Waals surface area contributed by atoms with Crippen LogP contribution in [0.2, 0.25) is 0 Å². The lowest BCUT2D eigenvalue weighted by Gasteiger charge is -2.23. The number of sulfonamides is 1. The van der Waals surface area contributed by atoms with Crippen molar-refractivity contribution in [2.75, 3.05) is 11.5 Å². The summed E-state index contributed by atoms with van der Waals surface area (Å²) in [4.78, 5) is 0. The predicted octanol–water partition coefficient (Wildman–Crippen LogP) is 0.142. The summed E-state index contributed by atoms with van der Waals surface area (Å²) in [6.07, 6.45) is 0.306. The molecule has 1 saturated heterocycles. The molecule has 0 aliphatic carbocycles. The molecule has 2 rings (SSSR count). The fourth-order valence-corrected chi connectivity index (χ4v) is 6.31. The molecule has 0 bridgehead atoms. The average Bonchev–Trinajstić information content (AvgIpc) is 2.62. The van der Waals surface area contributed by atoms with Crippen LogP contribution in [0, 0.1) is 0 Å². The standard InChI is InChI=1S/C13H20N2O4S2/c1-13(6-7-20(16,17)10-13)15-21(18,19)9-12-4-2-11(8-14)3-5-12/h2-5,15H,6-10,14H2,1H3. The van der Waals surface area contributed by atoms with E-state index < -0.39 is 25.4 Å². The van der Waals surface area contributed by atoms with E-state index in [2.05, 4.69) is 4.72 Å². The molecular weight excluding hydrogens is 312 g/mol. The molecule has 8 heteroatoms. The number of sulfone groups is 1. The molecule has 0 saturated carbocycles. The van der Waals surface area contributed by atoms with Gasteiger partial charge in [0.2, 0.25) is 10.0 Å². The van der Waals surface area contributed by atoms with Gasteiger partial charge in [-0.1, -0.05) is 24.3 Å². The summed E-state index contributed by atoms with van der Waals surface area (Å²) in [7, 11) is -6.74. The summed E-state index contributed by atoms with van der Waals surface area (Å²) in [6.45, 7) is 2.04. The molecule has 1 aromatic rings. The SMILES string of the molecule is CC1(NS(=O)(=O)Cc2ccc(CN)cc2)CCS(=O)(=O)C1. The zero-order valence-electron chi connectivity index (χ0n) is 11.9. The van der Waals surface area contributed by atoms with Gasteiger partial charge in [-0.15, -0.1) is 0 Å². The van der Waals surface area contributed by atoms with Gasteiger partial charge in [0.1, 0.15) is 0 Å². The highest BCUT2D eigenvalue weighted by atomic mass is 32.2. The highest BCUT2D eigenvalue weighted by Gasteiger charge is 2.40. The van der Waals surface area contributed by atoms with Crippen molar-refractivity contribution in [3.8, 4) is 0 Å². The van der Waals surface area contributed by atoms with Gasteiger partial charge in [0.25, 0.3) is 0 Å². The summed E-state index contributed by atoms with van der Waals surface area (Å²) < 4.78 is 50.0. The summed E-state index contributed by atoms with van der Waals surface area (Å²) in [5, 5.41) is 0. The van der Waals surface area contributed by atoms with Crippen molar-refractivity contribution in [1.82, 2.24) is 4.72 Å². The molecule has 0 radical (unpaired) electrons. The van der Waals surface area contributed by atoms with Gasteiger partial charge in [0.15, 0.2) is 9.84 Å². The smallest absolute Gasteiger partial charge is 0.216 e. The Labute approximate surface area is 125 Å². The molecule has 1 aliphatic heterocycles. The minimum Gasteiger partial charge on any atom is -0.326 e. The second kappa shape index (κ2) is 5.68. The zero-order chi connectivity index (χ0) is 15.7. The van der Waals surface area contributed by atoms with E-state index in [4.69, 9.17) is 5.73 Å². The maximum Gasteiger partial charge on any atom is 0.216 e. The topological polar surface area (TPSA) is 106 Å². The molecule has 1 heterocycles. The molecule has 21 heavy (non-hydrogen) atoms. The minimum absolute atomic E-state index is 0.0250. The number of rotatable bonds is 5. The lowest BCUT2D eigenvalue weighted by Crippen LogP contribution is -2.47. The fourth-order valence-electron chi connectivity index (χ4n) is 2.49. The Morgan fingerprint density at radius 3 is 2.29 bits per heavy atom. The van der Waals surface area contributed by atoms with Crippen LogP contribution < -0.4 is 10.5 Å². The second-order valence-corrected chi connectivity index (χ2v) is 9.69. The van der Waals surface area contributed by atoms with E-state index >= 15 is 0 Å². The van der Waals surface area contributed by atoms with E-state index in [1.165, 1.54) is 0 Å². The zero-order valence-corrected chi connectivity index (χ0v) is 13.5. The van der Waals surface area contributed by atoms with Crippen molar-refractivity contribution in [3.05, 3.63) is 35.4 Å². The van der Waals surface area contributed by atoms with Crippen LogP contribution in [0.15, 0.2) is 24.3 Å². The molecule has 6 nitrogen and oxygen atoms in total. The number of nitrogens with two attached hydrogens (primary N) is 1. The molecule has 1 fully saturated rings. The van der Waals surface area contributed by atoms with Crippen LogP contribution >= 0.6 is 0 Å². The maximum atomic E-state index is 12.2. The third-order valence-corrected chi connectivity index (χ3v) is 6.94. The van der Waals surface area contributed by atoms with E-state index in [0.717, 1.165) is 5.56 Å². The first-order valence-electron chi connectivity index (χ1n) is 6.63. The molecule has 3 N–H and O–H groups in total. The first kappa shape index (κ1) is 16.4. The van der Waals surface area contributed by atoms with E-state index in [0.29, 0.717) is 18.5 Å². The molecule has 0 aromatic heterocycles. The minimum atomic E-state index is -3.59. The Bertz CT molecular complexity index is 711. The monoisotopic (exact) mass is 332 g/mol. The van der Waals surface area contributed by atoms with Crippen LogP contribution in [-0.2, 0) is 32.2 Å². The predicted molar refractivity (Wildman–Crippen MR) is 81.8 cm³/mol. The van der Waals surface area contributed by atoms with Gasteiger partial charge >= 0.3 is 0 Å². The fraction of sp³-hybridized carbons (Fsp3) is 0.538. The van der Waals surface area contributed by atoms with Gasteiger partial charge in [-0.3, -0.25) is 0 Å². The lowest BCUT2D eigenvalue weighted by atomic mass is 10.0. The Hall–Kier alpha value is -0.960. The normalized spacial score (nSPS) is 25.0. The van der Waals surface area contributed by atoms with Crippen molar-refractivity contribution < 1.29 is 16.8 Å². The number of nitrogens with one attached hydrogen (secondary N) is 1. The van der Waals surface area contributed by atoms with Crippen LogP contribution in [0.3, 0.4) is 0 Å². The van der Waals surface area contributed by atoms with Crippen molar-refractivity contribution in [2.45, 2.75) is 31.2 Å². The quantitative estimate of drug-likeness (QED) is 0.798. The Morgan fingerprint density at radius 2 is 1.81 bits per heavy atom. The highest BCUT2D eigenvalue weighted by Crippen LogP contribution is 2.24. The van der Waals surface area contributed by atoms with E-state index in [1.54, 1.807) is 31.2 Å². The number of hydrogen-bond donors (Lipinski definition) is 2. The third kappa shape index (κ3) is 4.50. The van der Waals surface area contributed by atoms with Crippen LogP contribution in [0.5, 0.6) is 0 Å². The molecule has 1 unspecified atom stereocenters. The van der Waals surface area contributed by atoms with Crippen LogP contribution in [0.25, 0.3) is 0 Å². The van der Waals surface area contributed by atoms with Crippen molar-refractivity contribution in [1.29, 1.82) is 0 Å². The Kier molecular flexibility index (Phi) is 4.44. The summed E-state index contributed by atoms with van der Waals surface area (Å²) in [5.74, 6) is -0.296. The van der Waals surface area contributed by atoms with Gasteiger partial charge in [0.05, 0.1) is 17.3 Å². The van der Waals surface area contributed by atoms with Crippen LogP contribution in [-0.4, -0.2) is 33.9 Å². The van der Waals surface area contributed by atoms with E-state index in [1.807, 2.05) is 0 Å². The van der Waals surface area contributed by atoms with E-state index in [9.17, 15) is 16.8 Å². The average molecular weight is 332 g/mol. The first-order valence-corrected chi connectivity index (χ1v) is 10.1. The van der Waals surface area contributed by atoms with Gasteiger partial charge < -0.3 is 5.73 Å². The van der Waals surface area contributed by atoms with Crippen LogP contribution in [0.4, 0.5) is 0 Å². The lowest BCUT2D eigenvalue weighted by molar-refractivity contribution is 0.461. The molecule has 1 aromatic carbocycles. The van der Waals surface area contributed by atoms with Crippen LogP contribution in [0.1, 0.15) is 24.5 Å². The van der Waals surface area contributed by atoms with Crippen molar-refractivity contribution >= 4 is 19.9 Å². The first-order chi connectivity index (χ1) is 9.63. The Balaban J connectivity index is 2.08. The largest absolute Gasteiger partial charge is 0.326 e. The van der Waals surface area contributed by atoms with Gasteiger partial charge in [-0.25, -0.2) is 21.6 Å². The molecule has 118 valence electrons. The highest BCUT2D eigenvalue weighted by molar-refractivity contribution is 7.92. The van der Waals surface area contributed by atoms with Gasteiger partial charge in [-0.05, 0) is 24.5 Å². The Morgan fingerprint density at radius 1 is 1.24 bits per heavy atom. The second-order valence-electron chi connectivity index (χ2n) is 5.78. The van der Waals surface area contributed by atoms with E-state index in [-0.39, 0.29) is 17.3 Å².